The summed E-state index contributed by atoms with van der Waals surface area (Å²) in [6.45, 7) is 1.87. The molecule has 0 saturated carbocycles. The molecule has 5 heteroatoms. The Labute approximate surface area is 131 Å². The highest BCUT2D eigenvalue weighted by Crippen LogP contribution is 2.20. The fraction of sp³-hybridized carbons (Fsp3) is 0.188. The number of carbonyl (C=O) groups excluding carboxylic acids is 1. The summed E-state index contributed by atoms with van der Waals surface area (Å²) >= 11 is 3.27. The van der Waals surface area contributed by atoms with Gasteiger partial charge in [0.2, 0.25) is 5.91 Å². The highest BCUT2D eigenvalue weighted by atomic mass is 79.9. The molecule has 3 nitrogen and oxygen atoms in total. The van der Waals surface area contributed by atoms with Crippen LogP contribution in [-0.2, 0) is 4.79 Å². The van der Waals surface area contributed by atoms with Crippen molar-refractivity contribution in [1.29, 1.82) is 0 Å². The predicted molar refractivity (Wildman–Crippen MR) is 83.0 cm³/mol. The van der Waals surface area contributed by atoms with Crippen molar-refractivity contribution < 1.29 is 13.6 Å². The van der Waals surface area contributed by atoms with Crippen LogP contribution in [0, 0.1) is 5.82 Å². The highest BCUT2D eigenvalue weighted by molar-refractivity contribution is 9.10. The first-order valence-electron chi connectivity index (χ1n) is 6.42. The summed E-state index contributed by atoms with van der Waals surface area (Å²) in [6.07, 6.45) is 4.38. The van der Waals surface area contributed by atoms with Crippen molar-refractivity contribution in [3.05, 3.63) is 64.3 Å². The van der Waals surface area contributed by atoms with Gasteiger partial charge in [-0.15, -0.1) is 0 Å². The summed E-state index contributed by atoms with van der Waals surface area (Å²) in [6, 6.07) is 7.98. The molecule has 1 unspecified atom stereocenters. The minimum absolute atomic E-state index is 0.190. The Morgan fingerprint density at radius 1 is 1.43 bits per heavy atom. The van der Waals surface area contributed by atoms with E-state index in [4.69, 9.17) is 4.42 Å². The van der Waals surface area contributed by atoms with E-state index in [0.29, 0.717) is 11.3 Å². The van der Waals surface area contributed by atoms with Crippen LogP contribution in [0.5, 0.6) is 0 Å². The van der Waals surface area contributed by atoms with Crippen LogP contribution in [0.15, 0.2) is 51.6 Å². The lowest BCUT2D eigenvalue weighted by molar-refractivity contribution is -0.126. The SMILES string of the molecule is CC(c1ccco1)N(C)C(=O)/C=C/c1cc(Br)ccc1F. The van der Waals surface area contributed by atoms with E-state index in [1.54, 1.807) is 31.5 Å². The lowest BCUT2D eigenvalue weighted by Gasteiger charge is -2.21. The second-order valence-corrected chi connectivity index (χ2v) is 5.56. The second-order valence-electron chi connectivity index (χ2n) is 4.64. The Balaban J connectivity index is 2.10. The number of furan rings is 1. The van der Waals surface area contributed by atoms with E-state index >= 15 is 0 Å². The summed E-state index contributed by atoms with van der Waals surface area (Å²) < 4.78 is 19.6. The van der Waals surface area contributed by atoms with Gasteiger partial charge < -0.3 is 9.32 Å². The molecule has 2 aromatic rings. The van der Waals surface area contributed by atoms with Gasteiger partial charge in [-0.2, -0.15) is 0 Å². The van der Waals surface area contributed by atoms with E-state index in [1.165, 1.54) is 23.1 Å². The number of likely N-dealkylation sites (N-methyl/N-ethyl adjacent to an activating group) is 1. The normalized spacial score (nSPS) is 12.6. The molecule has 21 heavy (non-hydrogen) atoms. The fourth-order valence-corrected chi connectivity index (χ4v) is 2.21. The zero-order chi connectivity index (χ0) is 15.4. The molecule has 0 aliphatic heterocycles. The number of hydrogen-bond acceptors (Lipinski definition) is 2. The van der Waals surface area contributed by atoms with Crippen LogP contribution < -0.4 is 0 Å². The molecule has 1 amide bonds. The van der Waals surface area contributed by atoms with Crippen LogP contribution in [0.2, 0.25) is 0 Å². The van der Waals surface area contributed by atoms with E-state index in [1.807, 2.05) is 13.0 Å². The molecular weight excluding hydrogens is 337 g/mol. The lowest BCUT2D eigenvalue weighted by Crippen LogP contribution is -2.27. The zero-order valence-corrected chi connectivity index (χ0v) is 13.3. The van der Waals surface area contributed by atoms with Crippen molar-refractivity contribution in [3.8, 4) is 0 Å². The van der Waals surface area contributed by atoms with Crippen LogP contribution >= 0.6 is 15.9 Å². The molecular formula is C16H15BrFNO2. The van der Waals surface area contributed by atoms with Gasteiger partial charge in [-0.1, -0.05) is 15.9 Å². The summed E-state index contributed by atoms with van der Waals surface area (Å²) in [5.74, 6) is 0.107. The Morgan fingerprint density at radius 2 is 2.19 bits per heavy atom. The number of halogens is 2. The van der Waals surface area contributed by atoms with Crippen LogP contribution in [-0.4, -0.2) is 17.9 Å². The highest BCUT2D eigenvalue weighted by Gasteiger charge is 2.17. The van der Waals surface area contributed by atoms with E-state index in [2.05, 4.69) is 15.9 Å². The Bertz CT molecular complexity index is 652. The number of carbonyl (C=O) groups is 1. The molecule has 0 bridgehead atoms. The third-order valence-corrected chi connectivity index (χ3v) is 3.74. The molecule has 0 fully saturated rings. The summed E-state index contributed by atoms with van der Waals surface area (Å²) in [4.78, 5) is 13.6. The van der Waals surface area contributed by atoms with Crippen LogP contribution in [0.4, 0.5) is 4.39 Å². The lowest BCUT2D eigenvalue weighted by atomic mass is 10.2. The molecule has 110 valence electrons. The zero-order valence-electron chi connectivity index (χ0n) is 11.7. The van der Waals surface area contributed by atoms with Gasteiger partial charge in [0.05, 0.1) is 12.3 Å². The van der Waals surface area contributed by atoms with Gasteiger partial charge >= 0.3 is 0 Å². The summed E-state index contributed by atoms with van der Waals surface area (Å²) in [7, 11) is 1.68. The quantitative estimate of drug-likeness (QED) is 0.764. The van der Waals surface area contributed by atoms with Crippen LogP contribution in [0.3, 0.4) is 0 Å². The third-order valence-electron chi connectivity index (χ3n) is 3.25. The van der Waals surface area contributed by atoms with Crippen molar-refractivity contribution >= 4 is 27.9 Å². The molecule has 0 spiro atoms. The van der Waals surface area contributed by atoms with Crippen molar-refractivity contribution in [2.24, 2.45) is 0 Å². The molecule has 2 rings (SSSR count). The Kier molecular flexibility index (Phi) is 4.96. The average Bonchev–Trinajstić information content (AvgIpc) is 3.00. The maximum atomic E-state index is 13.6. The average molecular weight is 352 g/mol. The van der Waals surface area contributed by atoms with Gasteiger partial charge in [-0.3, -0.25) is 4.79 Å². The van der Waals surface area contributed by atoms with E-state index in [0.717, 1.165) is 4.47 Å². The molecule has 1 aromatic heterocycles. The first kappa shape index (κ1) is 15.5. The minimum atomic E-state index is -0.371. The van der Waals surface area contributed by atoms with Gasteiger partial charge in [0.1, 0.15) is 11.6 Å². The van der Waals surface area contributed by atoms with E-state index < -0.39 is 0 Å². The standard InChI is InChI=1S/C16H15BrFNO2/c1-11(15-4-3-9-21-15)19(2)16(20)8-5-12-10-13(17)6-7-14(12)18/h3-11H,1-2H3/b8-5+. The molecule has 1 aromatic carbocycles. The van der Waals surface area contributed by atoms with E-state index in [9.17, 15) is 9.18 Å². The van der Waals surface area contributed by atoms with Crippen molar-refractivity contribution in [2.45, 2.75) is 13.0 Å². The Morgan fingerprint density at radius 3 is 2.86 bits per heavy atom. The first-order valence-corrected chi connectivity index (χ1v) is 7.21. The molecule has 0 aliphatic rings. The van der Waals surface area contributed by atoms with Crippen molar-refractivity contribution in [2.75, 3.05) is 7.05 Å². The van der Waals surface area contributed by atoms with Gasteiger partial charge in [-0.05, 0) is 43.3 Å². The molecule has 1 heterocycles. The van der Waals surface area contributed by atoms with Crippen LogP contribution in [0.1, 0.15) is 24.3 Å². The minimum Gasteiger partial charge on any atom is -0.467 e. The number of amides is 1. The Hall–Kier alpha value is -1.88. The predicted octanol–water partition coefficient (Wildman–Crippen LogP) is 4.41. The molecule has 0 N–H and O–H groups in total. The topological polar surface area (TPSA) is 33.5 Å². The fourth-order valence-electron chi connectivity index (χ4n) is 1.83. The van der Waals surface area contributed by atoms with Gasteiger partial charge in [0.25, 0.3) is 0 Å². The van der Waals surface area contributed by atoms with Gasteiger partial charge in [0.15, 0.2) is 0 Å². The third kappa shape index (κ3) is 3.82. The van der Waals surface area contributed by atoms with Gasteiger partial charge in [0, 0.05) is 23.2 Å². The molecule has 0 aliphatic carbocycles. The monoisotopic (exact) mass is 351 g/mol. The summed E-state index contributed by atoms with van der Waals surface area (Å²) in [5, 5.41) is 0. The maximum Gasteiger partial charge on any atom is 0.246 e. The van der Waals surface area contributed by atoms with Crippen molar-refractivity contribution in [1.82, 2.24) is 4.90 Å². The number of nitrogens with zero attached hydrogens (tertiary/aromatic N) is 1. The maximum absolute atomic E-state index is 13.6. The van der Waals surface area contributed by atoms with E-state index in [-0.39, 0.29) is 17.8 Å². The van der Waals surface area contributed by atoms with Crippen molar-refractivity contribution in [3.63, 3.8) is 0 Å². The largest absolute Gasteiger partial charge is 0.467 e. The second kappa shape index (κ2) is 6.72. The van der Waals surface area contributed by atoms with Crippen LogP contribution in [0.25, 0.3) is 6.08 Å². The molecule has 0 radical (unpaired) electrons. The molecule has 0 saturated heterocycles. The molecule has 1 atom stereocenters. The number of benzene rings is 1. The smallest absolute Gasteiger partial charge is 0.246 e. The van der Waals surface area contributed by atoms with Gasteiger partial charge in [-0.25, -0.2) is 4.39 Å². The summed E-state index contributed by atoms with van der Waals surface area (Å²) in [5.41, 5.74) is 0.358. The number of rotatable bonds is 4. The number of hydrogen-bond donors (Lipinski definition) is 0. The first-order chi connectivity index (χ1) is 9.99.